The van der Waals surface area contributed by atoms with Crippen molar-refractivity contribution >= 4 is 11.6 Å². The van der Waals surface area contributed by atoms with Crippen molar-refractivity contribution in [3.8, 4) is 0 Å². The first-order valence-electron chi connectivity index (χ1n) is 6.81. The lowest BCUT2D eigenvalue weighted by molar-refractivity contribution is 0.456. The first kappa shape index (κ1) is 10.4. The van der Waals surface area contributed by atoms with Gasteiger partial charge in [0.2, 0.25) is 0 Å². The molecule has 0 amide bonds. The maximum absolute atomic E-state index is 6.18. The van der Waals surface area contributed by atoms with Gasteiger partial charge in [-0.3, -0.25) is 0 Å². The molecular formula is C15H18ClN. The first-order chi connectivity index (χ1) is 8.34. The molecule has 2 bridgehead atoms. The Morgan fingerprint density at radius 3 is 2.53 bits per heavy atom. The van der Waals surface area contributed by atoms with Crippen LogP contribution in [-0.4, -0.2) is 6.04 Å². The van der Waals surface area contributed by atoms with Crippen molar-refractivity contribution in [1.29, 1.82) is 0 Å². The molecule has 3 fully saturated rings. The predicted molar refractivity (Wildman–Crippen MR) is 69.9 cm³/mol. The second kappa shape index (κ2) is 3.73. The van der Waals surface area contributed by atoms with Crippen LogP contribution in [0, 0.1) is 23.7 Å². The van der Waals surface area contributed by atoms with Gasteiger partial charge in [0, 0.05) is 17.6 Å². The van der Waals surface area contributed by atoms with Crippen molar-refractivity contribution in [2.75, 3.05) is 0 Å². The maximum atomic E-state index is 6.18. The standard InChI is InChI=1S/C15H18ClN/c16-12-4-2-1-3-11(12)8-17-15-13-9-5-6-10(7-9)14(13)15/h1-4,9-10,13-15,17H,5-8H2. The Hall–Kier alpha value is -0.530. The van der Waals surface area contributed by atoms with E-state index in [1.54, 1.807) is 0 Å². The molecule has 0 heterocycles. The van der Waals surface area contributed by atoms with Crippen LogP contribution in [0.5, 0.6) is 0 Å². The van der Waals surface area contributed by atoms with E-state index < -0.39 is 0 Å². The Morgan fingerprint density at radius 1 is 1.12 bits per heavy atom. The zero-order valence-corrected chi connectivity index (χ0v) is 10.7. The van der Waals surface area contributed by atoms with Crippen molar-refractivity contribution in [3.63, 3.8) is 0 Å². The number of hydrogen-bond donors (Lipinski definition) is 1. The molecule has 4 rings (SSSR count). The summed E-state index contributed by atoms with van der Waals surface area (Å²) in [6.45, 7) is 0.941. The van der Waals surface area contributed by atoms with Crippen LogP contribution in [0.25, 0.3) is 0 Å². The highest BCUT2D eigenvalue weighted by Crippen LogP contribution is 2.65. The van der Waals surface area contributed by atoms with Gasteiger partial charge in [0.1, 0.15) is 0 Å². The Morgan fingerprint density at radius 2 is 1.82 bits per heavy atom. The van der Waals surface area contributed by atoms with Gasteiger partial charge >= 0.3 is 0 Å². The second-order valence-electron chi connectivity index (χ2n) is 5.99. The number of halogens is 1. The highest BCUT2D eigenvalue weighted by molar-refractivity contribution is 6.31. The predicted octanol–water partition coefficient (Wildman–Crippen LogP) is 3.47. The van der Waals surface area contributed by atoms with Crippen molar-refractivity contribution in [3.05, 3.63) is 34.9 Å². The Labute approximate surface area is 108 Å². The lowest BCUT2D eigenvalue weighted by Gasteiger charge is -2.11. The fourth-order valence-corrected chi connectivity index (χ4v) is 4.67. The van der Waals surface area contributed by atoms with Crippen molar-refractivity contribution in [2.45, 2.75) is 31.8 Å². The third kappa shape index (κ3) is 1.56. The molecule has 3 saturated carbocycles. The Kier molecular flexibility index (Phi) is 2.28. The summed E-state index contributed by atoms with van der Waals surface area (Å²) in [5, 5.41) is 4.63. The molecule has 4 unspecified atom stereocenters. The number of fused-ring (bicyclic) bond motifs is 5. The molecule has 0 aliphatic heterocycles. The maximum Gasteiger partial charge on any atom is 0.0450 e. The van der Waals surface area contributed by atoms with Gasteiger partial charge in [0.25, 0.3) is 0 Å². The average molecular weight is 248 g/mol. The van der Waals surface area contributed by atoms with Crippen molar-refractivity contribution in [2.24, 2.45) is 23.7 Å². The van der Waals surface area contributed by atoms with E-state index in [2.05, 4.69) is 17.4 Å². The van der Waals surface area contributed by atoms with Crippen LogP contribution in [0.2, 0.25) is 5.02 Å². The van der Waals surface area contributed by atoms with Crippen LogP contribution in [0.4, 0.5) is 0 Å². The minimum atomic E-state index is 0.803. The summed E-state index contributed by atoms with van der Waals surface area (Å²) < 4.78 is 0. The summed E-state index contributed by atoms with van der Waals surface area (Å²) in [5.41, 5.74) is 1.24. The van der Waals surface area contributed by atoms with Gasteiger partial charge in [-0.05, 0) is 54.6 Å². The summed E-state index contributed by atoms with van der Waals surface area (Å²) in [6.07, 6.45) is 4.52. The lowest BCUT2D eigenvalue weighted by atomic mass is 10.0. The van der Waals surface area contributed by atoms with Crippen LogP contribution in [0.1, 0.15) is 24.8 Å². The normalized spacial score (nSPS) is 41.6. The molecule has 1 N–H and O–H groups in total. The zero-order chi connectivity index (χ0) is 11.4. The topological polar surface area (TPSA) is 12.0 Å². The van der Waals surface area contributed by atoms with E-state index in [4.69, 9.17) is 11.6 Å². The number of nitrogens with one attached hydrogen (secondary N) is 1. The molecule has 17 heavy (non-hydrogen) atoms. The monoisotopic (exact) mass is 247 g/mol. The summed E-state index contributed by atoms with van der Waals surface area (Å²) in [4.78, 5) is 0. The third-order valence-electron chi connectivity index (χ3n) is 5.22. The number of hydrogen-bond acceptors (Lipinski definition) is 1. The highest BCUT2D eigenvalue weighted by atomic mass is 35.5. The van der Waals surface area contributed by atoms with Crippen molar-refractivity contribution < 1.29 is 0 Å². The van der Waals surface area contributed by atoms with Gasteiger partial charge in [-0.1, -0.05) is 29.8 Å². The minimum Gasteiger partial charge on any atom is -0.309 e. The molecule has 3 aliphatic rings. The van der Waals surface area contributed by atoms with E-state index in [0.717, 1.165) is 41.3 Å². The van der Waals surface area contributed by atoms with E-state index in [1.165, 1.54) is 24.8 Å². The second-order valence-corrected chi connectivity index (χ2v) is 6.39. The van der Waals surface area contributed by atoms with Crippen LogP contribution in [0.3, 0.4) is 0 Å². The zero-order valence-electron chi connectivity index (χ0n) is 9.90. The number of benzene rings is 1. The van der Waals surface area contributed by atoms with Gasteiger partial charge in [-0.15, -0.1) is 0 Å². The molecule has 1 aromatic rings. The van der Waals surface area contributed by atoms with Crippen molar-refractivity contribution in [1.82, 2.24) is 5.32 Å². The van der Waals surface area contributed by atoms with E-state index in [-0.39, 0.29) is 0 Å². The summed E-state index contributed by atoms with van der Waals surface area (Å²) in [7, 11) is 0. The van der Waals surface area contributed by atoms with Crippen LogP contribution in [0.15, 0.2) is 24.3 Å². The van der Waals surface area contributed by atoms with Crippen LogP contribution >= 0.6 is 11.6 Å². The first-order valence-corrected chi connectivity index (χ1v) is 7.19. The molecule has 1 nitrogen and oxygen atoms in total. The fraction of sp³-hybridized carbons (Fsp3) is 0.600. The molecular weight excluding hydrogens is 230 g/mol. The minimum absolute atomic E-state index is 0.803. The molecule has 0 spiro atoms. The van der Waals surface area contributed by atoms with E-state index in [1.807, 2.05) is 12.1 Å². The Balaban J connectivity index is 1.40. The molecule has 3 aliphatic carbocycles. The van der Waals surface area contributed by atoms with Gasteiger partial charge in [-0.2, -0.15) is 0 Å². The van der Waals surface area contributed by atoms with Gasteiger partial charge < -0.3 is 5.32 Å². The summed E-state index contributed by atoms with van der Waals surface area (Å²) >= 11 is 6.18. The molecule has 1 aromatic carbocycles. The van der Waals surface area contributed by atoms with Crippen LogP contribution in [-0.2, 0) is 6.54 Å². The molecule has 2 heteroatoms. The average Bonchev–Trinajstić information content (AvgIpc) is 2.74. The SMILES string of the molecule is Clc1ccccc1CNC1C2C3CCC(C3)C12. The molecule has 4 atom stereocenters. The lowest BCUT2D eigenvalue weighted by Crippen LogP contribution is -2.22. The third-order valence-corrected chi connectivity index (χ3v) is 5.59. The summed E-state index contributed by atoms with van der Waals surface area (Å²) in [5.74, 6) is 4.12. The molecule has 0 radical (unpaired) electrons. The van der Waals surface area contributed by atoms with Gasteiger partial charge in [0.15, 0.2) is 0 Å². The molecule has 90 valence electrons. The quantitative estimate of drug-likeness (QED) is 0.863. The Bertz CT molecular complexity index is 428. The van der Waals surface area contributed by atoms with Gasteiger partial charge in [-0.25, -0.2) is 0 Å². The van der Waals surface area contributed by atoms with E-state index in [9.17, 15) is 0 Å². The van der Waals surface area contributed by atoms with E-state index >= 15 is 0 Å². The largest absolute Gasteiger partial charge is 0.309 e. The van der Waals surface area contributed by atoms with Crippen LogP contribution < -0.4 is 5.32 Å². The fourth-order valence-electron chi connectivity index (χ4n) is 4.47. The van der Waals surface area contributed by atoms with E-state index in [0.29, 0.717) is 0 Å². The smallest absolute Gasteiger partial charge is 0.0450 e. The number of rotatable bonds is 3. The highest BCUT2D eigenvalue weighted by Gasteiger charge is 2.64. The molecule has 0 saturated heterocycles. The van der Waals surface area contributed by atoms with Gasteiger partial charge in [0.05, 0.1) is 0 Å². The molecule has 0 aromatic heterocycles. The summed E-state index contributed by atoms with van der Waals surface area (Å²) in [6, 6.07) is 8.98.